The number of unbranched alkanes of at least 4 members (excludes halogenated alkanes) is 1. The Hall–Kier alpha value is -5.07. The molecule has 0 aliphatic carbocycles. The number of piperazine rings is 1. The number of hydrogen-bond donors (Lipinski definition) is 2. The number of H-pyrrole nitrogens is 1. The van der Waals surface area contributed by atoms with Crippen molar-refractivity contribution in [2.24, 2.45) is 0 Å². The highest BCUT2D eigenvalue weighted by atomic mass is 35.5. The number of para-hydroxylation sites is 1. The van der Waals surface area contributed by atoms with Crippen LogP contribution in [0, 0.1) is 6.92 Å². The minimum absolute atomic E-state index is 0. The van der Waals surface area contributed by atoms with Crippen LogP contribution in [-0.2, 0) is 4.79 Å². The van der Waals surface area contributed by atoms with Crippen LogP contribution >= 0.6 is 24.8 Å². The summed E-state index contributed by atoms with van der Waals surface area (Å²) in [6.45, 7) is 5.89. The lowest BCUT2D eigenvalue weighted by atomic mass is 10.1. The molecule has 3 amide bonds. The highest BCUT2D eigenvalue weighted by Gasteiger charge is 2.23. The maximum atomic E-state index is 13.8. The van der Waals surface area contributed by atoms with Gasteiger partial charge >= 0.3 is 0 Å². The number of carbonyl (C=O) groups is 3. The molecule has 1 aromatic heterocycles. The van der Waals surface area contributed by atoms with Gasteiger partial charge in [-0.1, -0.05) is 12.1 Å². The van der Waals surface area contributed by atoms with Gasteiger partial charge in [-0.25, -0.2) is 9.78 Å². The molecule has 15 heteroatoms. The molecular weight excluding hydrogens is 721 g/mol. The molecule has 0 radical (unpaired) electrons. The summed E-state index contributed by atoms with van der Waals surface area (Å²) in [6.07, 6.45) is 2.15. The van der Waals surface area contributed by atoms with Crippen molar-refractivity contribution in [1.82, 2.24) is 24.7 Å². The predicted molar refractivity (Wildman–Crippen MR) is 211 cm³/mol. The number of halogens is 2. The van der Waals surface area contributed by atoms with Crippen molar-refractivity contribution in [2.75, 3.05) is 78.3 Å². The molecule has 53 heavy (non-hydrogen) atoms. The molecule has 0 atom stereocenters. The first kappa shape index (κ1) is 42.3. The number of amides is 3. The van der Waals surface area contributed by atoms with Crippen LogP contribution in [0.1, 0.15) is 56.2 Å². The number of aromatic amines is 1. The van der Waals surface area contributed by atoms with Crippen molar-refractivity contribution in [1.29, 1.82) is 0 Å². The number of rotatable bonds is 13. The Morgan fingerprint density at radius 1 is 0.943 bits per heavy atom. The molecule has 13 nitrogen and oxygen atoms in total. The molecule has 2 heterocycles. The standard InChI is InChI=1S/C38H45N7O6.2ClH/c1-25-13-16-31(33(22-25)51-21-8-7-10-27(24-46)45-19-17-43(4)18-20-45)44(5)37(48)26-14-15-28(32(23-26)50-6)36(47)40-30-12-9-11-29-34(30)41-35(39-29)38(49)42(2)3;;/h9,11-16,22-23H,7-8,10,17-21H2,1-6H3,(H,39,41)(H,40,47);2*1H. The number of hydrogen-bond acceptors (Lipinski definition) is 9. The van der Waals surface area contributed by atoms with Gasteiger partial charge in [-0.15, -0.1) is 24.8 Å². The predicted octanol–water partition coefficient (Wildman–Crippen LogP) is 5.47. The minimum atomic E-state index is -0.469. The van der Waals surface area contributed by atoms with E-state index in [4.69, 9.17) is 9.47 Å². The third-order valence-corrected chi connectivity index (χ3v) is 8.91. The molecule has 1 aliphatic rings. The summed E-state index contributed by atoms with van der Waals surface area (Å²) >= 11 is 0. The van der Waals surface area contributed by atoms with Crippen LogP contribution in [-0.4, -0.2) is 116 Å². The number of anilines is 2. The zero-order valence-corrected chi connectivity index (χ0v) is 32.5. The third kappa shape index (κ3) is 10.1. The molecule has 1 aliphatic heterocycles. The molecular formula is C38H47Cl2N7O6. The van der Waals surface area contributed by atoms with Crippen LogP contribution in [0.15, 0.2) is 60.3 Å². The maximum Gasteiger partial charge on any atom is 0.289 e. The Morgan fingerprint density at radius 2 is 1.68 bits per heavy atom. The summed E-state index contributed by atoms with van der Waals surface area (Å²) in [6, 6.07) is 15.5. The van der Waals surface area contributed by atoms with Crippen LogP contribution in [0.2, 0.25) is 0 Å². The molecule has 3 aromatic carbocycles. The van der Waals surface area contributed by atoms with Crippen LogP contribution < -0.4 is 19.7 Å². The Balaban J connectivity index is 0.00000378. The molecule has 2 N–H and O–H groups in total. The fourth-order valence-electron chi connectivity index (χ4n) is 5.89. The van der Waals surface area contributed by atoms with Gasteiger partial charge in [-0.3, -0.25) is 14.4 Å². The van der Waals surface area contributed by atoms with Crippen molar-refractivity contribution >= 4 is 70.9 Å². The molecule has 1 fully saturated rings. The number of fused-ring (bicyclic) bond motifs is 1. The van der Waals surface area contributed by atoms with Crippen molar-refractivity contribution in [3.63, 3.8) is 0 Å². The van der Waals surface area contributed by atoms with E-state index in [1.165, 1.54) is 29.0 Å². The van der Waals surface area contributed by atoms with Crippen LogP contribution in [0.4, 0.5) is 11.4 Å². The highest BCUT2D eigenvalue weighted by Crippen LogP contribution is 2.32. The summed E-state index contributed by atoms with van der Waals surface area (Å²) in [5.41, 5.74) is 4.27. The van der Waals surface area contributed by atoms with E-state index in [0.717, 1.165) is 44.6 Å². The first-order chi connectivity index (χ1) is 24.5. The summed E-state index contributed by atoms with van der Waals surface area (Å²) in [4.78, 5) is 66.0. The number of methoxy groups -OCH3 is 1. The van der Waals surface area contributed by atoms with E-state index in [0.29, 0.717) is 52.4 Å². The summed E-state index contributed by atoms with van der Waals surface area (Å²) < 4.78 is 11.7. The number of nitrogens with zero attached hydrogens (tertiary/aromatic N) is 5. The van der Waals surface area contributed by atoms with Gasteiger partial charge in [0.15, 0.2) is 5.82 Å². The minimum Gasteiger partial charge on any atom is -0.496 e. The van der Waals surface area contributed by atoms with Gasteiger partial charge in [-0.05, 0) is 81.3 Å². The largest absolute Gasteiger partial charge is 0.496 e. The van der Waals surface area contributed by atoms with Crippen molar-refractivity contribution in [3.05, 3.63) is 82.8 Å². The first-order valence-corrected chi connectivity index (χ1v) is 16.9. The number of aromatic nitrogens is 2. The average Bonchev–Trinajstić information content (AvgIpc) is 3.58. The third-order valence-electron chi connectivity index (χ3n) is 8.91. The van der Waals surface area contributed by atoms with Gasteiger partial charge in [0.1, 0.15) is 23.0 Å². The zero-order valence-electron chi connectivity index (χ0n) is 30.9. The van der Waals surface area contributed by atoms with E-state index < -0.39 is 5.91 Å². The highest BCUT2D eigenvalue weighted by molar-refractivity contribution is 6.12. The second-order valence-corrected chi connectivity index (χ2v) is 12.8. The van der Waals surface area contributed by atoms with Crippen LogP contribution in [0.25, 0.3) is 11.0 Å². The Bertz CT molecular complexity index is 1970. The number of benzene rings is 3. The summed E-state index contributed by atoms with van der Waals surface area (Å²) in [7, 11) is 8.45. The zero-order chi connectivity index (χ0) is 36.7. The Morgan fingerprint density at radius 3 is 2.36 bits per heavy atom. The second kappa shape index (κ2) is 19.1. The van der Waals surface area contributed by atoms with E-state index in [2.05, 4.69) is 38.1 Å². The lowest BCUT2D eigenvalue weighted by Gasteiger charge is -2.34. The smallest absolute Gasteiger partial charge is 0.289 e. The fourth-order valence-corrected chi connectivity index (χ4v) is 5.89. The normalized spacial score (nSPS) is 12.5. The number of likely N-dealkylation sites (N-methyl/N-ethyl adjacent to an activating group) is 1. The molecule has 5 rings (SSSR count). The number of imidazole rings is 1. The Labute approximate surface area is 322 Å². The summed E-state index contributed by atoms with van der Waals surface area (Å²) in [5.74, 6) is 2.00. The van der Waals surface area contributed by atoms with E-state index in [-0.39, 0.29) is 53.8 Å². The van der Waals surface area contributed by atoms with Crippen molar-refractivity contribution in [3.8, 4) is 11.5 Å². The first-order valence-electron chi connectivity index (χ1n) is 16.9. The quantitative estimate of drug-likeness (QED) is 0.134. The lowest BCUT2D eigenvalue weighted by molar-refractivity contribution is 0.0817. The van der Waals surface area contributed by atoms with Crippen LogP contribution in [0.5, 0.6) is 11.5 Å². The average molecular weight is 769 g/mol. The van der Waals surface area contributed by atoms with Gasteiger partial charge in [0, 0.05) is 52.9 Å². The van der Waals surface area contributed by atoms with Gasteiger partial charge in [0.25, 0.3) is 17.7 Å². The monoisotopic (exact) mass is 767 g/mol. The maximum absolute atomic E-state index is 13.8. The molecule has 1 saturated heterocycles. The molecule has 0 bridgehead atoms. The molecule has 0 unspecified atom stereocenters. The molecule has 0 spiro atoms. The van der Waals surface area contributed by atoms with Crippen molar-refractivity contribution in [2.45, 2.75) is 26.2 Å². The van der Waals surface area contributed by atoms with E-state index in [9.17, 15) is 19.2 Å². The van der Waals surface area contributed by atoms with E-state index in [1.54, 1.807) is 45.4 Å². The Kier molecular flexibility index (Phi) is 15.3. The SMILES string of the molecule is COc1cc(C(=O)N(C)c2ccc(C)cc2OCCCCC(=C=O)N2CCN(C)CC2)ccc1C(=O)Nc1cccc2[nH]c(C(=O)N(C)C)nc12.Cl.Cl. The van der Waals surface area contributed by atoms with E-state index >= 15 is 0 Å². The topological polar surface area (TPSA) is 140 Å². The number of nitrogens with one attached hydrogen (secondary N) is 2. The number of ether oxygens (including phenoxy) is 2. The van der Waals surface area contributed by atoms with Crippen LogP contribution in [0.3, 0.4) is 0 Å². The van der Waals surface area contributed by atoms with Gasteiger partial charge in [0.05, 0.1) is 41.9 Å². The van der Waals surface area contributed by atoms with Crippen molar-refractivity contribution < 1.29 is 28.7 Å². The molecule has 0 saturated carbocycles. The molecule has 284 valence electrons. The summed E-state index contributed by atoms with van der Waals surface area (Å²) in [5, 5.41) is 2.86. The number of allylic oxidation sites excluding steroid dienone is 1. The lowest BCUT2D eigenvalue weighted by Crippen LogP contribution is -2.44. The fraction of sp³-hybridized carbons (Fsp3) is 0.368. The number of aryl methyl sites for hydroxylation is 1. The second-order valence-electron chi connectivity index (χ2n) is 12.8. The van der Waals surface area contributed by atoms with Gasteiger partial charge < -0.3 is 39.4 Å². The molecule has 4 aromatic rings. The van der Waals surface area contributed by atoms with Gasteiger partial charge in [-0.2, -0.15) is 0 Å². The van der Waals surface area contributed by atoms with E-state index in [1.807, 2.05) is 25.1 Å². The van der Waals surface area contributed by atoms with Gasteiger partial charge in [0.2, 0.25) is 0 Å². The number of carbonyl (C=O) groups excluding carboxylic acids is 4.